The molecule has 0 fully saturated rings. The van der Waals surface area contributed by atoms with Gasteiger partial charge < -0.3 is 4.90 Å². The number of hydrogen-bond donors (Lipinski definition) is 0. The molecule has 14 heavy (non-hydrogen) atoms. The van der Waals surface area contributed by atoms with E-state index >= 15 is 0 Å². The summed E-state index contributed by atoms with van der Waals surface area (Å²) in [6.45, 7) is 0.158. The van der Waals surface area contributed by atoms with Crippen LogP contribution in [-0.4, -0.2) is 36.3 Å². The highest BCUT2D eigenvalue weighted by Crippen LogP contribution is 2.12. The van der Waals surface area contributed by atoms with E-state index in [2.05, 4.69) is 20.9 Å². The van der Waals surface area contributed by atoms with E-state index in [4.69, 9.17) is 0 Å². The summed E-state index contributed by atoms with van der Waals surface area (Å²) < 4.78 is 13.7. The smallest absolute Gasteiger partial charge is 0.198 e. The Balaban J connectivity index is 2.90. The highest BCUT2D eigenvalue weighted by Gasteiger charge is 2.14. The van der Waals surface area contributed by atoms with Crippen LogP contribution in [0.3, 0.4) is 0 Å². The molecule has 3 nitrogen and oxygen atoms in total. The maximum atomic E-state index is 13.2. The van der Waals surface area contributed by atoms with Crippen LogP contribution in [0.15, 0.2) is 16.7 Å². The average Bonchev–Trinajstić information content (AvgIpc) is 2.01. The quantitative estimate of drug-likeness (QED) is 0.777. The summed E-state index contributed by atoms with van der Waals surface area (Å²) in [5.41, 5.74) is -0.109. The molecular formula is C9H10BrFN2O. The Bertz CT molecular complexity index is 355. The van der Waals surface area contributed by atoms with Gasteiger partial charge >= 0.3 is 0 Å². The average molecular weight is 261 g/mol. The maximum absolute atomic E-state index is 13.2. The van der Waals surface area contributed by atoms with Crippen LogP contribution in [0.5, 0.6) is 0 Å². The van der Waals surface area contributed by atoms with Crippen LogP contribution in [-0.2, 0) is 0 Å². The van der Waals surface area contributed by atoms with E-state index < -0.39 is 5.82 Å². The van der Waals surface area contributed by atoms with Gasteiger partial charge in [0.2, 0.25) is 0 Å². The van der Waals surface area contributed by atoms with Crippen LogP contribution in [0.4, 0.5) is 4.39 Å². The lowest BCUT2D eigenvalue weighted by Crippen LogP contribution is -2.23. The molecule has 5 heteroatoms. The zero-order valence-electron chi connectivity index (χ0n) is 7.92. The molecule has 0 spiro atoms. The normalized spacial score (nSPS) is 10.6. The molecule has 0 atom stereocenters. The monoisotopic (exact) mass is 260 g/mol. The molecule has 0 amide bonds. The molecule has 0 saturated heterocycles. The molecule has 0 unspecified atom stereocenters. The second-order valence-electron chi connectivity index (χ2n) is 3.14. The van der Waals surface area contributed by atoms with Crippen molar-refractivity contribution in [3.8, 4) is 0 Å². The predicted molar refractivity (Wildman–Crippen MR) is 54.8 cm³/mol. The van der Waals surface area contributed by atoms with Gasteiger partial charge in [0.15, 0.2) is 11.6 Å². The zero-order valence-corrected chi connectivity index (χ0v) is 9.51. The fourth-order valence-corrected chi connectivity index (χ4v) is 1.29. The third-order valence-electron chi connectivity index (χ3n) is 1.53. The minimum atomic E-state index is -0.591. The molecule has 0 saturated carbocycles. The molecule has 0 N–H and O–H groups in total. The summed E-state index contributed by atoms with van der Waals surface area (Å²) >= 11 is 3.07. The van der Waals surface area contributed by atoms with Crippen molar-refractivity contribution in [2.24, 2.45) is 0 Å². The Morgan fingerprint density at radius 3 is 2.79 bits per heavy atom. The largest absolute Gasteiger partial charge is 0.302 e. The molecule has 0 aliphatic heterocycles. The van der Waals surface area contributed by atoms with E-state index in [0.717, 1.165) is 0 Å². The van der Waals surface area contributed by atoms with Crippen molar-refractivity contribution in [1.82, 2.24) is 9.88 Å². The van der Waals surface area contributed by atoms with Gasteiger partial charge in [-0.3, -0.25) is 4.79 Å². The number of pyridine rings is 1. The predicted octanol–water partition coefficient (Wildman–Crippen LogP) is 1.73. The first-order chi connectivity index (χ1) is 6.50. The van der Waals surface area contributed by atoms with Gasteiger partial charge in [0.1, 0.15) is 5.69 Å². The minimum absolute atomic E-state index is 0.109. The molecule has 0 aliphatic rings. The number of halogens is 2. The van der Waals surface area contributed by atoms with Crippen LogP contribution in [0, 0.1) is 5.82 Å². The van der Waals surface area contributed by atoms with Crippen molar-refractivity contribution in [3.63, 3.8) is 0 Å². The fourth-order valence-electron chi connectivity index (χ4n) is 0.982. The molecule has 0 aliphatic carbocycles. The van der Waals surface area contributed by atoms with Crippen LogP contribution in [0.1, 0.15) is 10.5 Å². The first-order valence-corrected chi connectivity index (χ1v) is 4.79. The summed E-state index contributed by atoms with van der Waals surface area (Å²) in [5, 5.41) is 0. The molecule has 0 aromatic carbocycles. The Hall–Kier alpha value is -0.810. The zero-order chi connectivity index (χ0) is 10.7. The highest BCUT2D eigenvalue weighted by atomic mass is 79.9. The first-order valence-electron chi connectivity index (χ1n) is 3.99. The van der Waals surface area contributed by atoms with Gasteiger partial charge in [0, 0.05) is 10.7 Å². The van der Waals surface area contributed by atoms with Crippen LogP contribution in [0.2, 0.25) is 0 Å². The van der Waals surface area contributed by atoms with E-state index in [1.165, 1.54) is 12.3 Å². The number of rotatable bonds is 3. The molecular weight excluding hydrogens is 251 g/mol. The Morgan fingerprint density at radius 1 is 1.64 bits per heavy atom. The van der Waals surface area contributed by atoms with Gasteiger partial charge in [-0.1, -0.05) is 0 Å². The van der Waals surface area contributed by atoms with E-state index in [-0.39, 0.29) is 18.0 Å². The standard InChI is InChI=1S/C9H10BrFN2O/c1-13(2)5-8(14)9-7(11)3-6(10)4-12-9/h3-4H,5H2,1-2H3. The van der Waals surface area contributed by atoms with Crippen molar-refractivity contribution in [1.29, 1.82) is 0 Å². The third kappa shape index (κ3) is 2.85. The van der Waals surface area contributed by atoms with Gasteiger partial charge in [0.05, 0.1) is 6.54 Å². The maximum Gasteiger partial charge on any atom is 0.198 e. The van der Waals surface area contributed by atoms with Crippen molar-refractivity contribution in [3.05, 3.63) is 28.2 Å². The molecule has 1 heterocycles. The summed E-state index contributed by atoms with van der Waals surface area (Å²) in [5.74, 6) is -0.911. The molecule has 1 rings (SSSR count). The SMILES string of the molecule is CN(C)CC(=O)c1ncc(Br)cc1F. The Labute approximate surface area is 90.1 Å². The van der Waals surface area contributed by atoms with Gasteiger partial charge in [0.25, 0.3) is 0 Å². The first kappa shape index (κ1) is 11.3. The van der Waals surface area contributed by atoms with Gasteiger partial charge in [-0.15, -0.1) is 0 Å². The van der Waals surface area contributed by atoms with Crippen molar-refractivity contribution >= 4 is 21.7 Å². The Kier molecular flexibility index (Phi) is 3.71. The third-order valence-corrected chi connectivity index (χ3v) is 1.97. The van der Waals surface area contributed by atoms with Gasteiger partial charge in [-0.05, 0) is 36.1 Å². The topological polar surface area (TPSA) is 33.2 Å². The van der Waals surface area contributed by atoms with Crippen molar-refractivity contribution < 1.29 is 9.18 Å². The number of carbonyl (C=O) groups is 1. The lowest BCUT2D eigenvalue weighted by Gasteiger charge is -2.07. The number of aromatic nitrogens is 1. The van der Waals surface area contributed by atoms with Crippen molar-refractivity contribution in [2.45, 2.75) is 0 Å². The number of nitrogens with zero attached hydrogens (tertiary/aromatic N) is 2. The van der Waals surface area contributed by atoms with Gasteiger partial charge in [-0.25, -0.2) is 9.37 Å². The van der Waals surface area contributed by atoms with Crippen molar-refractivity contribution in [2.75, 3.05) is 20.6 Å². The van der Waals surface area contributed by atoms with Crippen LogP contribution in [0.25, 0.3) is 0 Å². The van der Waals surface area contributed by atoms with E-state index in [0.29, 0.717) is 4.47 Å². The van der Waals surface area contributed by atoms with E-state index in [9.17, 15) is 9.18 Å². The number of Topliss-reactive ketones (excluding diaryl/α,β-unsaturated/α-hetero) is 1. The van der Waals surface area contributed by atoms with Gasteiger partial charge in [-0.2, -0.15) is 0 Å². The summed E-state index contributed by atoms with van der Waals surface area (Å²) in [6, 6.07) is 1.23. The number of ketones is 1. The Morgan fingerprint density at radius 2 is 2.29 bits per heavy atom. The molecule has 0 radical (unpaired) electrons. The molecule has 1 aromatic rings. The second-order valence-corrected chi connectivity index (χ2v) is 4.06. The summed E-state index contributed by atoms with van der Waals surface area (Å²) in [6.07, 6.45) is 1.41. The molecule has 0 bridgehead atoms. The minimum Gasteiger partial charge on any atom is -0.302 e. The van der Waals surface area contributed by atoms with Crippen LogP contribution < -0.4 is 0 Å². The van der Waals surface area contributed by atoms with Crippen LogP contribution >= 0.6 is 15.9 Å². The number of carbonyl (C=O) groups excluding carboxylic acids is 1. The van der Waals surface area contributed by atoms with E-state index in [1.54, 1.807) is 19.0 Å². The molecule has 1 aromatic heterocycles. The highest BCUT2D eigenvalue weighted by molar-refractivity contribution is 9.10. The lowest BCUT2D eigenvalue weighted by molar-refractivity contribution is 0.0948. The summed E-state index contributed by atoms with van der Waals surface area (Å²) in [4.78, 5) is 16.8. The second kappa shape index (κ2) is 4.61. The molecule has 76 valence electrons. The van der Waals surface area contributed by atoms with E-state index in [1.807, 2.05) is 0 Å². The number of hydrogen-bond acceptors (Lipinski definition) is 3. The lowest BCUT2D eigenvalue weighted by atomic mass is 10.2. The fraction of sp³-hybridized carbons (Fsp3) is 0.333. The summed E-state index contributed by atoms with van der Waals surface area (Å²) in [7, 11) is 3.49. The number of likely N-dealkylation sites (N-methyl/N-ethyl adjacent to an activating group) is 1.